The van der Waals surface area contributed by atoms with Gasteiger partial charge in [0.05, 0.1) is 15.3 Å². The molecule has 0 saturated carbocycles. The molecule has 4 aromatic rings. The Hall–Kier alpha value is -2.44. The zero-order valence-corrected chi connectivity index (χ0v) is 17.8. The molecule has 0 radical (unpaired) electrons. The van der Waals surface area contributed by atoms with Crippen LogP contribution in [0.25, 0.3) is 32.3 Å². The summed E-state index contributed by atoms with van der Waals surface area (Å²) in [5.41, 5.74) is 8.41. The molecular formula is C18H9BrCl2N6S. The van der Waals surface area contributed by atoms with Gasteiger partial charge in [0.2, 0.25) is 0 Å². The van der Waals surface area contributed by atoms with E-state index in [9.17, 15) is 5.26 Å². The van der Waals surface area contributed by atoms with Gasteiger partial charge in [-0.3, -0.25) is 0 Å². The number of halogens is 3. The number of nitrogens with zero attached hydrogens (tertiary/aromatic N) is 4. The summed E-state index contributed by atoms with van der Waals surface area (Å²) in [6.07, 6.45) is 1.60. The number of nitrogens with one attached hydrogen (secondary N) is 1. The Morgan fingerprint density at radius 2 is 1.96 bits per heavy atom. The summed E-state index contributed by atoms with van der Waals surface area (Å²) in [4.78, 5) is 8.54. The lowest BCUT2D eigenvalue weighted by atomic mass is 9.98. The van der Waals surface area contributed by atoms with Gasteiger partial charge in [-0.2, -0.15) is 5.26 Å². The molecule has 10 heteroatoms. The van der Waals surface area contributed by atoms with E-state index in [2.05, 4.69) is 42.2 Å². The molecule has 0 aliphatic carbocycles. The fourth-order valence-corrected chi connectivity index (χ4v) is 4.76. The number of nitrogens with two attached hydrogens (primary N) is 1. The Kier molecular flexibility index (Phi) is 5.08. The number of benzene rings is 1. The van der Waals surface area contributed by atoms with Crippen LogP contribution in [0.1, 0.15) is 5.56 Å². The van der Waals surface area contributed by atoms with E-state index in [0.29, 0.717) is 43.1 Å². The highest BCUT2D eigenvalue weighted by Crippen LogP contribution is 2.48. The fraction of sp³-hybridized carbons (Fsp3) is 0. The van der Waals surface area contributed by atoms with E-state index < -0.39 is 0 Å². The van der Waals surface area contributed by atoms with Crippen molar-refractivity contribution in [1.82, 2.24) is 20.2 Å². The first-order valence-electron chi connectivity index (χ1n) is 7.80. The lowest BCUT2D eigenvalue weighted by Crippen LogP contribution is -1.90. The van der Waals surface area contributed by atoms with Crippen LogP contribution >= 0.6 is 50.5 Å². The monoisotopic (exact) mass is 490 g/mol. The largest absolute Gasteiger partial charge is 0.384 e. The third-order valence-corrected chi connectivity index (χ3v) is 6.09. The number of pyridine rings is 1. The summed E-state index contributed by atoms with van der Waals surface area (Å²) in [6.45, 7) is 0. The molecular weight excluding hydrogens is 483 g/mol. The second-order valence-electron chi connectivity index (χ2n) is 5.68. The number of hydrogen-bond acceptors (Lipinski definition) is 6. The van der Waals surface area contributed by atoms with E-state index in [1.807, 2.05) is 0 Å². The maximum Gasteiger partial charge on any atom is 0.197 e. The molecule has 6 nitrogen and oxygen atoms in total. The summed E-state index contributed by atoms with van der Waals surface area (Å²) in [5.74, 6) is 0.882. The van der Waals surface area contributed by atoms with E-state index in [1.54, 1.807) is 36.5 Å². The molecule has 0 aliphatic heterocycles. The number of anilines is 1. The zero-order valence-electron chi connectivity index (χ0n) is 13.9. The van der Waals surface area contributed by atoms with Gasteiger partial charge in [0, 0.05) is 27.4 Å². The highest BCUT2D eigenvalue weighted by molar-refractivity contribution is 9.10. The van der Waals surface area contributed by atoms with Crippen LogP contribution in [0.4, 0.5) is 5.82 Å². The van der Waals surface area contributed by atoms with Gasteiger partial charge in [0.15, 0.2) is 10.6 Å². The molecule has 0 fully saturated rings. The summed E-state index contributed by atoms with van der Waals surface area (Å²) in [6, 6.07) is 11.0. The van der Waals surface area contributed by atoms with Gasteiger partial charge >= 0.3 is 0 Å². The van der Waals surface area contributed by atoms with Crippen molar-refractivity contribution >= 4 is 56.3 Å². The third kappa shape index (κ3) is 3.38. The number of nitriles is 1. The summed E-state index contributed by atoms with van der Waals surface area (Å²) >= 11 is 17.2. The highest BCUT2D eigenvalue weighted by atomic mass is 79.9. The predicted molar refractivity (Wildman–Crippen MR) is 115 cm³/mol. The Bertz CT molecular complexity index is 1240. The average molecular weight is 492 g/mol. The maximum atomic E-state index is 9.99. The fourth-order valence-electron chi connectivity index (χ4n) is 2.79. The average Bonchev–Trinajstić information content (AvgIpc) is 3.25. The van der Waals surface area contributed by atoms with Gasteiger partial charge in [-0.15, -0.1) is 21.5 Å². The van der Waals surface area contributed by atoms with Crippen LogP contribution in [0.5, 0.6) is 0 Å². The lowest BCUT2D eigenvalue weighted by Gasteiger charge is -2.06. The van der Waals surface area contributed by atoms with E-state index in [-0.39, 0.29) is 0 Å². The number of thiophene rings is 1. The molecule has 0 aliphatic rings. The molecule has 0 atom stereocenters. The number of H-pyrrole nitrogens is 1. The van der Waals surface area contributed by atoms with Gasteiger partial charge in [-0.1, -0.05) is 29.3 Å². The Labute approximate surface area is 182 Å². The zero-order chi connectivity index (χ0) is 19.8. The minimum atomic E-state index is 0.366. The van der Waals surface area contributed by atoms with Crippen molar-refractivity contribution in [3.63, 3.8) is 0 Å². The molecule has 1 aromatic carbocycles. The number of rotatable bonds is 3. The van der Waals surface area contributed by atoms with Crippen molar-refractivity contribution in [2.75, 3.05) is 5.73 Å². The smallest absolute Gasteiger partial charge is 0.197 e. The van der Waals surface area contributed by atoms with E-state index in [4.69, 9.17) is 28.9 Å². The molecule has 4 rings (SSSR count). The first-order chi connectivity index (χ1) is 13.5. The van der Waals surface area contributed by atoms with Crippen molar-refractivity contribution in [1.29, 1.82) is 5.26 Å². The maximum absolute atomic E-state index is 9.99. The van der Waals surface area contributed by atoms with Crippen LogP contribution in [0.15, 0.2) is 41.3 Å². The van der Waals surface area contributed by atoms with E-state index in [1.165, 1.54) is 11.3 Å². The summed E-state index contributed by atoms with van der Waals surface area (Å²) < 4.78 is 0.484. The topological polar surface area (TPSA) is 104 Å². The van der Waals surface area contributed by atoms with Crippen LogP contribution in [-0.4, -0.2) is 20.2 Å². The van der Waals surface area contributed by atoms with Crippen LogP contribution in [-0.2, 0) is 0 Å². The van der Waals surface area contributed by atoms with Crippen LogP contribution < -0.4 is 5.73 Å². The highest BCUT2D eigenvalue weighted by Gasteiger charge is 2.25. The number of hydrogen-bond donors (Lipinski definition) is 2. The van der Waals surface area contributed by atoms with Gasteiger partial charge in [0.25, 0.3) is 0 Å². The Morgan fingerprint density at radius 3 is 2.61 bits per heavy atom. The summed E-state index contributed by atoms with van der Waals surface area (Å²) in [5, 5.41) is 19.1. The van der Waals surface area contributed by atoms with Crippen LogP contribution in [0.3, 0.4) is 0 Å². The number of aromatic amines is 1. The molecule has 0 unspecified atom stereocenters. The van der Waals surface area contributed by atoms with Gasteiger partial charge in [-0.25, -0.2) is 4.98 Å². The predicted octanol–water partition coefficient (Wildman–Crippen LogP) is 5.79. The van der Waals surface area contributed by atoms with Crippen molar-refractivity contribution in [3.05, 3.63) is 56.9 Å². The van der Waals surface area contributed by atoms with Crippen molar-refractivity contribution < 1.29 is 0 Å². The first kappa shape index (κ1) is 18.9. The minimum Gasteiger partial charge on any atom is -0.384 e. The minimum absolute atomic E-state index is 0.366. The number of aromatic nitrogens is 4. The third-order valence-electron chi connectivity index (χ3n) is 3.94. The second kappa shape index (κ2) is 7.53. The lowest BCUT2D eigenvalue weighted by molar-refractivity contribution is 1.07. The molecule has 28 heavy (non-hydrogen) atoms. The van der Waals surface area contributed by atoms with Crippen LogP contribution in [0.2, 0.25) is 10.0 Å². The van der Waals surface area contributed by atoms with Gasteiger partial charge in [-0.05, 0) is 45.8 Å². The van der Waals surface area contributed by atoms with Crippen LogP contribution in [0, 0.1) is 11.3 Å². The molecule has 0 bridgehead atoms. The van der Waals surface area contributed by atoms with E-state index >= 15 is 0 Å². The Balaban J connectivity index is 2.06. The second-order valence-corrected chi connectivity index (χ2v) is 8.30. The molecule has 3 aromatic heterocycles. The molecule has 0 spiro atoms. The molecule has 0 saturated heterocycles. The quantitative estimate of drug-likeness (QED) is 0.377. The molecule has 3 N–H and O–H groups in total. The SMILES string of the molecule is N#Cc1c(-c2ccnc(N)c2)sc(-c2nnc(Br)[nH]2)c1-c1ccc(Cl)cc1Cl. The van der Waals surface area contributed by atoms with E-state index in [0.717, 1.165) is 15.3 Å². The number of nitrogen functional groups attached to an aromatic ring is 1. The van der Waals surface area contributed by atoms with Gasteiger partial charge < -0.3 is 10.7 Å². The van der Waals surface area contributed by atoms with Gasteiger partial charge in [0.1, 0.15) is 11.9 Å². The van der Waals surface area contributed by atoms with Crippen molar-refractivity contribution in [2.24, 2.45) is 0 Å². The molecule has 3 heterocycles. The standard InChI is InChI=1S/C18H9BrCl2N6S/c19-18-25-17(26-27-18)16-14(10-2-1-9(20)6-12(10)21)11(7-22)15(28-16)8-3-4-24-13(23)5-8/h1-6H,(H2,23,24)(H,25,26,27). The normalized spacial score (nSPS) is 10.8. The van der Waals surface area contributed by atoms with Crippen molar-refractivity contribution in [3.8, 4) is 38.3 Å². The molecule has 138 valence electrons. The first-order valence-corrected chi connectivity index (χ1v) is 10.2. The molecule has 0 amide bonds. The van der Waals surface area contributed by atoms with Crippen molar-refractivity contribution in [2.45, 2.75) is 0 Å². The summed E-state index contributed by atoms with van der Waals surface area (Å²) in [7, 11) is 0. The Morgan fingerprint density at radius 1 is 1.14 bits per heavy atom.